The number of benzene rings is 3. The van der Waals surface area contributed by atoms with E-state index in [2.05, 4.69) is 10.5 Å². The molecule has 3 aromatic rings. The number of phenolic OH excluding ortho intramolecular Hbond substituents is 1. The molecule has 0 radical (unpaired) electrons. The highest BCUT2D eigenvalue weighted by Gasteiger charge is 2.12. The van der Waals surface area contributed by atoms with E-state index in [0.717, 1.165) is 0 Å². The van der Waals surface area contributed by atoms with Gasteiger partial charge in [0.2, 0.25) is 0 Å². The maximum Gasteiger partial charge on any atom is 0.345 e. The van der Waals surface area contributed by atoms with Crippen LogP contribution in [0.4, 0.5) is 0 Å². The van der Waals surface area contributed by atoms with E-state index in [0.29, 0.717) is 16.3 Å². The minimum absolute atomic E-state index is 0.125. The number of halogens is 1. The van der Waals surface area contributed by atoms with Crippen LogP contribution in [0.5, 0.6) is 11.5 Å². The molecule has 0 heterocycles. The largest absolute Gasteiger partial charge is 0.507 e. The minimum atomic E-state index is -0.554. The van der Waals surface area contributed by atoms with E-state index in [-0.39, 0.29) is 16.9 Å². The number of aromatic hydroxyl groups is 1. The smallest absolute Gasteiger partial charge is 0.345 e. The highest BCUT2D eigenvalue weighted by molar-refractivity contribution is 6.33. The first-order valence-corrected chi connectivity index (χ1v) is 8.60. The molecule has 0 atom stereocenters. The van der Waals surface area contributed by atoms with Crippen LogP contribution in [-0.4, -0.2) is 23.2 Å². The quantitative estimate of drug-likeness (QED) is 0.296. The van der Waals surface area contributed by atoms with Gasteiger partial charge < -0.3 is 9.84 Å². The van der Waals surface area contributed by atoms with Crippen LogP contribution < -0.4 is 10.2 Å². The van der Waals surface area contributed by atoms with Crippen molar-refractivity contribution < 1.29 is 19.4 Å². The third-order valence-electron chi connectivity index (χ3n) is 3.71. The maximum absolute atomic E-state index is 12.1. The van der Waals surface area contributed by atoms with Crippen molar-refractivity contribution in [1.29, 1.82) is 0 Å². The Morgan fingerprint density at radius 3 is 2.25 bits per heavy atom. The number of carbonyl (C=O) groups excluding carboxylic acids is 2. The normalized spacial score (nSPS) is 10.6. The molecule has 3 aromatic carbocycles. The van der Waals surface area contributed by atoms with Gasteiger partial charge >= 0.3 is 5.97 Å². The van der Waals surface area contributed by atoms with E-state index in [4.69, 9.17) is 16.3 Å². The molecule has 0 aliphatic rings. The molecule has 1 amide bonds. The number of nitrogens with one attached hydrogen (secondary N) is 1. The lowest BCUT2D eigenvalue weighted by Gasteiger charge is -2.06. The van der Waals surface area contributed by atoms with Gasteiger partial charge in [-0.3, -0.25) is 4.79 Å². The van der Waals surface area contributed by atoms with Crippen LogP contribution in [0.2, 0.25) is 5.02 Å². The van der Waals surface area contributed by atoms with Crippen molar-refractivity contribution in [3.05, 3.63) is 94.5 Å². The molecule has 7 heteroatoms. The van der Waals surface area contributed by atoms with Gasteiger partial charge in [0.15, 0.2) is 0 Å². The van der Waals surface area contributed by atoms with E-state index >= 15 is 0 Å². The molecule has 0 unspecified atom stereocenters. The third-order valence-corrected chi connectivity index (χ3v) is 4.04. The predicted molar refractivity (Wildman–Crippen MR) is 106 cm³/mol. The summed E-state index contributed by atoms with van der Waals surface area (Å²) in [5.41, 5.74) is 3.42. The van der Waals surface area contributed by atoms with Gasteiger partial charge in [-0.1, -0.05) is 35.9 Å². The molecule has 0 aromatic heterocycles. The molecular weight excluding hydrogens is 380 g/mol. The van der Waals surface area contributed by atoms with E-state index in [9.17, 15) is 14.7 Å². The highest BCUT2D eigenvalue weighted by Crippen LogP contribution is 2.19. The number of phenols is 1. The summed E-state index contributed by atoms with van der Waals surface area (Å²) in [6, 6.07) is 19.3. The van der Waals surface area contributed by atoms with Crippen molar-refractivity contribution in [2.75, 3.05) is 0 Å². The second kappa shape index (κ2) is 8.83. The molecule has 0 aliphatic carbocycles. The number of nitrogens with zero attached hydrogens (tertiary/aromatic N) is 1. The topological polar surface area (TPSA) is 88.0 Å². The minimum Gasteiger partial charge on any atom is -0.507 e. The summed E-state index contributed by atoms with van der Waals surface area (Å²) in [6.07, 6.45) is 1.43. The lowest BCUT2D eigenvalue weighted by Crippen LogP contribution is -2.17. The molecule has 2 N–H and O–H groups in total. The van der Waals surface area contributed by atoms with Crippen LogP contribution >= 0.6 is 11.6 Å². The first-order valence-electron chi connectivity index (χ1n) is 8.23. The van der Waals surface area contributed by atoms with Gasteiger partial charge in [-0.05, 0) is 54.1 Å². The predicted octanol–water partition coefficient (Wildman–Crippen LogP) is 4.03. The second-order valence-corrected chi connectivity index (χ2v) is 6.06. The van der Waals surface area contributed by atoms with Crippen molar-refractivity contribution in [1.82, 2.24) is 5.43 Å². The van der Waals surface area contributed by atoms with Gasteiger partial charge in [0.05, 0.1) is 22.4 Å². The lowest BCUT2D eigenvalue weighted by molar-refractivity contribution is 0.0734. The summed E-state index contributed by atoms with van der Waals surface area (Å²) in [5.74, 6) is -0.859. The fourth-order valence-electron chi connectivity index (χ4n) is 2.30. The first kappa shape index (κ1) is 19.1. The Labute approximate surface area is 166 Å². The van der Waals surface area contributed by atoms with Gasteiger partial charge in [-0.15, -0.1) is 0 Å². The summed E-state index contributed by atoms with van der Waals surface area (Å²) in [7, 11) is 0. The number of ether oxygens (including phenoxy) is 1. The maximum atomic E-state index is 12.1. The fraction of sp³-hybridized carbons (Fsp3) is 0. The summed E-state index contributed by atoms with van der Waals surface area (Å²) in [6.45, 7) is 0. The molecule has 0 aliphatic heterocycles. The number of hydrogen-bond acceptors (Lipinski definition) is 5. The molecule has 6 nitrogen and oxygen atoms in total. The number of hydrazone groups is 1. The van der Waals surface area contributed by atoms with Gasteiger partial charge in [0.25, 0.3) is 5.91 Å². The zero-order chi connectivity index (χ0) is 19.9. The number of amides is 1. The van der Waals surface area contributed by atoms with Gasteiger partial charge in [0, 0.05) is 0 Å². The van der Waals surface area contributed by atoms with Crippen LogP contribution in [0, 0.1) is 0 Å². The Balaban J connectivity index is 1.59. The second-order valence-electron chi connectivity index (χ2n) is 5.65. The average molecular weight is 395 g/mol. The van der Waals surface area contributed by atoms with Gasteiger partial charge in [-0.25, -0.2) is 10.2 Å². The molecule has 28 heavy (non-hydrogen) atoms. The Kier molecular flexibility index (Phi) is 6.04. The van der Waals surface area contributed by atoms with Crippen LogP contribution in [-0.2, 0) is 0 Å². The number of hydrogen-bond donors (Lipinski definition) is 2. The summed E-state index contributed by atoms with van der Waals surface area (Å²) < 4.78 is 5.28. The fourth-order valence-corrected chi connectivity index (χ4v) is 2.51. The van der Waals surface area contributed by atoms with Crippen molar-refractivity contribution in [2.24, 2.45) is 5.10 Å². The number of carbonyl (C=O) groups is 2. The van der Waals surface area contributed by atoms with E-state index in [1.54, 1.807) is 60.7 Å². The van der Waals surface area contributed by atoms with E-state index < -0.39 is 11.9 Å². The molecule has 3 rings (SSSR count). The Morgan fingerprint density at radius 1 is 0.929 bits per heavy atom. The summed E-state index contributed by atoms with van der Waals surface area (Å²) in [5, 5.41) is 13.8. The van der Waals surface area contributed by atoms with Crippen molar-refractivity contribution >= 4 is 29.7 Å². The molecular formula is C21H15ClN2O4. The Hall–Kier alpha value is -3.64. The van der Waals surface area contributed by atoms with Crippen molar-refractivity contribution in [2.45, 2.75) is 0 Å². The Morgan fingerprint density at radius 2 is 1.57 bits per heavy atom. The van der Waals surface area contributed by atoms with Crippen LogP contribution in [0.15, 0.2) is 77.9 Å². The number of esters is 1. The van der Waals surface area contributed by atoms with Gasteiger partial charge in [0.1, 0.15) is 11.5 Å². The standard InChI is InChI=1S/C21H15ClN2O4/c22-18-7-3-1-5-16(18)21(27)28-15-11-9-14(10-12-15)13-23-24-20(26)17-6-2-4-8-19(17)25/h1-13,25H,(H,24,26)/b23-13-. The molecule has 140 valence electrons. The van der Waals surface area contributed by atoms with E-state index in [1.165, 1.54) is 18.3 Å². The molecule has 0 saturated carbocycles. The average Bonchev–Trinajstić information content (AvgIpc) is 2.70. The third kappa shape index (κ3) is 4.75. The van der Waals surface area contributed by atoms with Crippen LogP contribution in [0.25, 0.3) is 0 Å². The molecule has 0 fully saturated rings. The summed E-state index contributed by atoms with van der Waals surface area (Å²) >= 11 is 5.98. The first-order chi connectivity index (χ1) is 13.5. The highest BCUT2D eigenvalue weighted by atomic mass is 35.5. The zero-order valence-corrected chi connectivity index (χ0v) is 15.3. The van der Waals surface area contributed by atoms with Crippen molar-refractivity contribution in [3.8, 4) is 11.5 Å². The van der Waals surface area contributed by atoms with Crippen LogP contribution in [0.1, 0.15) is 26.3 Å². The van der Waals surface area contributed by atoms with E-state index in [1.807, 2.05) is 0 Å². The Bertz CT molecular complexity index is 1030. The number of para-hydroxylation sites is 1. The van der Waals surface area contributed by atoms with Crippen LogP contribution in [0.3, 0.4) is 0 Å². The SMILES string of the molecule is O=C(N/N=C\c1ccc(OC(=O)c2ccccc2Cl)cc1)c1ccccc1O. The molecule has 0 bridgehead atoms. The molecule has 0 spiro atoms. The molecule has 0 saturated heterocycles. The number of rotatable bonds is 5. The summed E-state index contributed by atoms with van der Waals surface area (Å²) in [4.78, 5) is 24.1. The zero-order valence-electron chi connectivity index (χ0n) is 14.5. The van der Waals surface area contributed by atoms with Crippen molar-refractivity contribution in [3.63, 3.8) is 0 Å². The monoisotopic (exact) mass is 394 g/mol. The lowest BCUT2D eigenvalue weighted by atomic mass is 10.2. The van der Waals surface area contributed by atoms with Gasteiger partial charge in [-0.2, -0.15) is 5.10 Å².